The standard InChI is InChI=1S/B17H9/c1-10-15(11(2)3)17(14(8)9)16(12(4)5)13(6)7/h1-3H3/q-3. The highest BCUT2D eigenvalue weighted by molar-refractivity contribution is 8.15. The molecular weight excluding hydrogens is 184 g/mol. The third-order valence-electron chi connectivity index (χ3n) is 2.22. The molecule has 0 heterocycles. The van der Waals surface area contributed by atoms with Gasteiger partial charge in [0.2, 0.25) is 0 Å². The van der Waals surface area contributed by atoms with Gasteiger partial charge in [0.05, 0.1) is 0 Å². The highest BCUT2D eigenvalue weighted by Gasteiger charge is 2.36. The van der Waals surface area contributed by atoms with Crippen LogP contribution in [0.2, 0.25) is 0 Å². The average molecular weight is 193 g/mol. The largest absolute Gasteiger partial charge is 0.264 e. The van der Waals surface area contributed by atoms with Crippen LogP contribution in [0, 0.1) is 0 Å². The van der Waals surface area contributed by atoms with E-state index in [-0.39, 0.29) is 20.5 Å². The molecule has 0 spiro atoms. The summed E-state index contributed by atoms with van der Waals surface area (Å²) in [4.78, 5) is 0. The van der Waals surface area contributed by atoms with Gasteiger partial charge in [0, 0.05) is 0 Å². The minimum absolute atomic E-state index is 0.0625. The molecule has 0 aliphatic rings. The lowest BCUT2D eigenvalue weighted by atomic mass is 8.43. The average Bonchev–Trinajstić information content (AvgIpc) is 2.15. The summed E-state index contributed by atoms with van der Waals surface area (Å²) in [6.07, 6.45) is -0.189. The van der Waals surface area contributed by atoms with E-state index in [4.69, 9.17) is 46.4 Å². The normalized spacial score (nSPS) is 9.12. The second-order valence-electron chi connectivity index (χ2n) is 3.46. The summed E-state index contributed by atoms with van der Waals surface area (Å²) in [5.41, 5.74) is 0. The Hall–Kier alpha value is 1.10. The van der Waals surface area contributed by atoms with Gasteiger partial charge in [0.1, 0.15) is 0 Å². The van der Waals surface area contributed by atoms with Gasteiger partial charge < -0.3 is 0 Å². The zero-order valence-corrected chi connectivity index (χ0v) is 8.08. The molecule has 0 N–H and O–H groups in total. The Kier molecular flexibility index (Phi) is 8.85. The van der Waals surface area contributed by atoms with E-state index in [0.29, 0.717) is 21.9 Å². The van der Waals surface area contributed by atoms with E-state index in [9.17, 15) is 0 Å². The van der Waals surface area contributed by atoms with Crippen LogP contribution in [0.15, 0.2) is 0 Å². The Labute approximate surface area is 121 Å². The van der Waals surface area contributed by atoms with Crippen LogP contribution in [0.3, 0.4) is 0 Å². The second kappa shape index (κ2) is 8.31. The van der Waals surface area contributed by atoms with Crippen molar-refractivity contribution in [1.82, 2.24) is 0 Å². The fourth-order valence-corrected chi connectivity index (χ4v) is 1.54. The van der Waals surface area contributed by atoms with Gasteiger partial charge in [-0.3, -0.25) is 6.39 Å². The highest BCUT2D eigenvalue weighted by atomic mass is 13.2. The molecule has 0 saturated heterocycles. The molecule has 17 heteroatoms. The maximum Gasteiger partial charge on any atom is -0.0000000365 e. The van der Waals surface area contributed by atoms with Gasteiger partial charge in [-0.05, 0) is 78.3 Å². The monoisotopic (exact) mass is 196 g/mol. The molecule has 0 fully saturated rings. The van der Waals surface area contributed by atoms with Crippen molar-refractivity contribution >= 4 is 121 Å². The van der Waals surface area contributed by atoms with Crippen LogP contribution in [-0.2, 0) is 0 Å². The molecule has 0 aliphatic carbocycles. The van der Waals surface area contributed by atoms with Crippen molar-refractivity contribution in [2.24, 2.45) is 0 Å². The fraction of sp³-hybridized carbons (Fsp3) is 0. The van der Waals surface area contributed by atoms with Crippen molar-refractivity contribution in [2.45, 2.75) is 0 Å². The first-order valence-electron chi connectivity index (χ1n) is 4.33. The summed E-state index contributed by atoms with van der Waals surface area (Å²) in [5, 5.41) is 0. The summed E-state index contributed by atoms with van der Waals surface area (Å²) < 4.78 is 0. The first kappa shape index (κ1) is 18.1. The maximum absolute atomic E-state index is 5.95. The fourth-order valence-electron chi connectivity index (χ4n) is 1.54. The summed E-state index contributed by atoms with van der Waals surface area (Å²) in [5.74, 6) is 0. The van der Waals surface area contributed by atoms with Crippen LogP contribution in [0.5, 0.6) is 0 Å². The number of hydrogen-bond acceptors (Lipinski definition) is 0. The molecular formula is H9B17-3. The zero-order chi connectivity index (χ0) is 13.7. The lowest BCUT2D eigenvalue weighted by Crippen LogP contribution is -2.76. The van der Waals surface area contributed by atoms with Crippen LogP contribution >= 0.6 is 0 Å². The molecule has 17 heavy (non-hydrogen) atoms. The predicted octanol–water partition coefficient (Wildman–Crippen LogP) is -8.88. The van der Waals surface area contributed by atoms with E-state index in [1.807, 2.05) is 0 Å². The maximum atomic E-state index is 5.95. The van der Waals surface area contributed by atoms with E-state index in [1.54, 1.807) is 0 Å². The molecule has 0 rings (SSSR count). The smallest absolute Gasteiger partial charge is 0.0000000365 e. The van der Waals surface area contributed by atoms with Crippen LogP contribution in [0.25, 0.3) is 0 Å². The van der Waals surface area contributed by atoms with Crippen LogP contribution < -0.4 is 0 Å². The Bertz CT molecular complexity index is 180. The van der Waals surface area contributed by atoms with Gasteiger partial charge in [0.15, 0.2) is 0 Å². The molecule has 0 nitrogen and oxygen atoms in total. The molecule has 0 aromatic heterocycles. The third kappa shape index (κ3) is 5.31. The number of hydrogen-bond donors (Lipinski definition) is 0. The molecule has 0 bridgehead atoms. The van der Waals surface area contributed by atoms with E-state index in [2.05, 4.69) is 7.06 Å². The molecule has 0 aliphatic heterocycles. The Morgan fingerprint density at radius 3 is 1.24 bits per heavy atom. The second-order valence-corrected chi connectivity index (χ2v) is 3.46. The Morgan fingerprint density at radius 2 is 1.06 bits per heavy atom. The zero-order valence-electron chi connectivity index (χ0n) is 8.08. The molecule has 13 radical (unpaired) electrons. The van der Waals surface area contributed by atoms with E-state index in [0.717, 1.165) is 6.39 Å². The van der Waals surface area contributed by atoms with Crippen molar-refractivity contribution in [1.29, 1.82) is 0 Å². The van der Waals surface area contributed by atoms with Crippen molar-refractivity contribution in [3.05, 3.63) is 0 Å². The predicted molar refractivity (Wildman–Crippen MR) is 110 cm³/mol. The van der Waals surface area contributed by atoms with Crippen molar-refractivity contribution in [3.8, 4) is 0 Å². The minimum atomic E-state index is -0.546. The lowest BCUT2D eigenvalue weighted by Gasteiger charge is -2.43. The summed E-state index contributed by atoms with van der Waals surface area (Å²) in [7, 11) is 38.5. The Balaban J connectivity index is 5.16. The molecule has 0 saturated carbocycles. The van der Waals surface area contributed by atoms with E-state index >= 15 is 0 Å². The van der Waals surface area contributed by atoms with Crippen LogP contribution in [0.4, 0.5) is 0 Å². The quantitative estimate of drug-likeness (QED) is 0.352. The van der Waals surface area contributed by atoms with Crippen molar-refractivity contribution in [2.75, 3.05) is 0 Å². The van der Waals surface area contributed by atoms with E-state index < -0.39 is 19.2 Å². The lowest BCUT2D eigenvalue weighted by molar-refractivity contribution is 3.37. The highest BCUT2D eigenvalue weighted by Crippen LogP contribution is 2.01. The van der Waals surface area contributed by atoms with Gasteiger partial charge in [-0.25, -0.2) is 0 Å². The summed E-state index contributed by atoms with van der Waals surface area (Å²) >= 11 is 0. The molecule has 0 aromatic carbocycles. The van der Waals surface area contributed by atoms with Gasteiger partial charge in [0.25, 0.3) is 0 Å². The SMILES string of the molecule is [B]B([B])B(B([B])[B])B(B([B])[B])B([B][BH3-])B([BH3-])[BH3-]. The number of rotatable bonds is 7. The van der Waals surface area contributed by atoms with E-state index in [1.165, 1.54) is 0 Å². The van der Waals surface area contributed by atoms with Gasteiger partial charge in [-0.1, -0.05) is 14.1 Å². The topological polar surface area (TPSA) is 0 Å². The molecule has 0 atom stereocenters. The van der Waals surface area contributed by atoms with Gasteiger partial charge >= 0.3 is 0 Å². The van der Waals surface area contributed by atoms with Crippen molar-refractivity contribution in [3.63, 3.8) is 0 Å². The third-order valence-corrected chi connectivity index (χ3v) is 2.22. The van der Waals surface area contributed by atoms with Crippen LogP contribution in [-0.4, -0.2) is 121 Å². The van der Waals surface area contributed by atoms with Crippen molar-refractivity contribution < 1.29 is 0 Å². The molecule has 63 valence electrons. The first-order chi connectivity index (χ1) is 7.73. The summed E-state index contributed by atoms with van der Waals surface area (Å²) in [6, 6.07) is 0. The Morgan fingerprint density at radius 1 is 0.706 bits per heavy atom. The molecule has 0 unspecified atom stereocenters. The first-order valence-corrected chi connectivity index (χ1v) is 4.33. The van der Waals surface area contributed by atoms with Crippen LogP contribution in [0.1, 0.15) is 0 Å². The summed E-state index contributed by atoms with van der Waals surface area (Å²) in [6.45, 7) is 0. The minimum Gasteiger partial charge on any atom is -0.264 e. The molecule has 0 aromatic rings. The molecule has 0 amide bonds. The van der Waals surface area contributed by atoms with Gasteiger partial charge in [-0.15, -0.1) is 15.5 Å². The van der Waals surface area contributed by atoms with Gasteiger partial charge in [-0.2, -0.15) is 7.06 Å².